The number of methoxy groups -OCH3 is 1. The van der Waals surface area contributed by atoms with Gasteiger partial charge in [-0.1, -0.05) is 15.9 Å². The van der Waals surface area contributed by atoms with Crippen molar-refractivity contribution in [3.05, 3.63) is 53.0 Å². The molecule has 1 saturated heterocycles. The number of ether oxygens (including phenoxy) is 2. The van der Waals surface area contributed by atoms with Crippen molar-refractivity contribution in [3.8, 4) is 17.2 Å². The molecule has 1 aliphatic rings. The molecule has 2 heterocycles. The fraction of sp³-hybridized carbons (Fsp3) is 0.250. The van der Waals surface area contributed by atoms with Crippen molar-refractivity contribution < 1.29 is 22.3 Å². The number of morpholine rings is 1. The third-order valence-corrected chi connectivity index (χ3v) is 6.79. The molecule has 2 aromatic carbocycles. The number of oxazole rings is 1. The molecule has 0 N–H and O–H groups in total. The quantitative estimate of drug-likeness (QED) is 0.551. The second-order valence-corrected chi connectivity index (χ2v) is 9.20. The Balaban J connectivity index is 1.82. The topological polar surface area (TPSA) is 81.9 Å². The zero-order chi connectivity index (χ0) is 20.4. The van der Waals surface area contributed by atoms with Gasteiger partial charge in [-0.05, 0) is 48.5 Å². The van der Waals surface area contributed by atoms with Crippen LogP contribution in [0.3, 0.4) is 0 Å². The number of sulfone groups is 1. The fourth-order valence-electron chi connectivity index (χ4n) is 3.02. The summed E-state index contributed by atoms with van der Waals surface area (Å²) in [4.78, 5) is 6.41. The third kappa shape index (κ3) is 4.03. The number of benzene rings is 2. The molecule has 0 radical (unpaired) electrons. The van der Waals surface area contributed by atoms with E-state index in [4.69, 9.17) is 13.9 Å². The normalized spacial score (nSPS) is 14.8. The predicted octanol–water partition coefficient (Wildman–Crippen LogP) is 3.78. The van der Waals surface area contributed by atoms with Crippen LogP contribution in [0.2, 0.25) is 0 Å². The molecule has 3 aromatic rings. The van der Waals surface area contributed by atoms with Crippen molar-refractivity contribution in [1.29, 1.82) is 0 Å². The third-order valence-electron chi connectivity index (χ3n) is 4.59. The average molecular weight is 479 g/mol. The summed E-state index contributed by atoms with van der Waals surface area (Å²) in [5.41, 5.74) is 0.664. The lowest BCUT2D eigenvalue weighted by Crippen LogP contribution is -2.36. The molecule has 0 spiro atoms. The minimum Gasteiger partial charge on any atom is -0.497 e. The molecule has 0 amide bonds. The molecule has 0 atom stereocenters. The first-order valence-corrected chi connectivity index (χ1v) is 11.3. The first-order chi connectivity index (χ1) is 14.0. The maximum absolute atomic E-state index is 13.3. The van der Waals surface area contributed by atoms with Gasteiger partial charge in [0.05, 0.1) is 25.2 Å². The zero-order valence-corrected chi connectivity index (χ0v) is 18.1. The maximum Gasteiger partial charge on any atom is 0.236 e. The molecule has 0 aliphatic carbocycles. The van der Waals surface area contributed by atoms with Crippen molar-refractivity contribution in [2.75, 3.05) is 38.3 Å². The minimum atomic E-state index is -3.87. The van der Waals surface area contributed by atoms with E-state index in [-0.39, 0.29) is 21.7 Å². The highest BCUT2D eigenvalue weighted by Crippen LogP contribution is 2.35. The van der Waals surface area contributed by atoms with Crippen molar-refractivity contribution in [1.82, 2.24) is 4.98 Å². The summed E-state index contributed by atoms with van der Waals surface area (Å²) in [6.07, 6.45) is 0. The Morgan fingerprint density at radius 3 is 2.31 bits per heavy atom. The van der Waals surface area contributed by atoms with Gasteiger partial charge in [0.1, 0.15) is 5.75 Å². The van der Waals surface area contributed by atoms with Gasteiger partial charge in [0.25, 0.3) is 0 Å². The average Bonchev–Trinajstić information content (AvgIpc) is 3.21. The lowest BCUT2D eigenvalue weighted by atomic mass is 10.2. The number of anilines is 1. The van der Waals surface area contributed by atoms with E-state index in [9.17, 15) is 8.42 Å². The van der Waals surface area contributed by atoms with Gasteiger partial charge < -0.3 is 18.8 Å². The van der Waals surface area contributed by atoms with Gasteiger partial charge in [-0.15, -0.1) is 0 Å². The summed E-state index contributed by atoms with van der Waals surface area (Å²) in [5, 5.41) is -0.0902. The van der Waals surface area contributed by atoms with Crippen molar-refractivity contribution >= 4 is 31.7 Å². The van der Waals surface area contributed by atoms with E-state index in [1.165, 1.54) is 0 Å². The first kappa shape index (κ1) is 19.9. The van der Waals surface area contributed by atoms with E-state index in [2.05, 4.69) is 20.9 Å². The Bertz CT molecular complexity index is 1090. The van der Waals surface area contributed by atoms with E-state index in [1.807, 2.05) is 4.90 Å². The van der Waals surface area contributed by atoms with Crippen LogP contribution < -0.4 is 9.64 Å². The zero-order valence-electron chi connectivity index (χ0n) is 15.7. The van der Waals surface area contributed by atoms with E-state index < -0.39 is 9.84 Å². The van der Waals surface area contributed by atoms with E-state index >= 15 is 0 Å². The van der Waals surface area contributed by atoms with Gasteiger partial charge in [-0.2, -0.15) is 4.98 Å². The van der Waals surface area contributed by atoms with Crippen LogP contribution in [0.4, 0.5) is 5.88 Å². The van der Waals surface area contributed by atoms with Crippen LogP contribution in [-0.2, 0) is 14.6 Å². The minimum absolute atomic E-state index is 0.0902. The van der Waals surface area contributed by atoms with Crippen LogP contribution in [0.25, 0.3) is 11.5 Å². The number of hydrogen-bond donors (Lipinski definition) is 0. The standard InChI is InChI=1S/C20H19BrN2O5S/c1-26-16-6-2-14(3-7-16)18-22-19(20(28-18)23-10-12-27-13-11-23)29(24,25)17-8-4-15(21)5-9-17/h2-9H,10-13H2,1H3. The Labute approximate surface area is 177 Å². The summed E-state index contributed by atoms with van der Waals surface area (Å²) in [6.45, 7) is 2.05. The largest absolute Gasteiger partial charge is 0.497 e. The molecular weight excluding hydrogens is 460 g/mol. The van der Waals surface area contributed by atoms with Crippen molar-refractivity contribution in [3.63, 3.8) is 0 Å². The van der Waals surface area contributed by atoms with Crippen LogP contribution in [0.15, 0.2) is 67.3 Å². The number of hydrogen-bond acceptors (Lipinski definition) is 7. The molecule has 7 nitrogen and oxygen atoms in total. The Kier molecular flexibility index (Phi) is 5.62. The summed E-state index contributed by atoms with van der Waals surface area (Å²) in [5.74, 6) is 1.17. The highest BCUT2D eigenvalue weighted by Gasteiger charge is 2.32. The molecule has 9 heteroatoms. The fourth-order valence-corrected chi connectivity index (χ4v) is 4.61. The van der Waals surface area contributed by atoms with Gasteiger partial charge >= 0.3 is 0 Å². The summed E-state index contributed by atoms with van der Waals surface area (Å²) >= 11 is 3.33. The predicted molar refractivity (Wildman–Crippen MR) is 111 cm³/mol. The Morgan fingerprint density at radius 1 is 1.03 bits per heavy atom. The Hall–Kier alpha value is -2.36. The van der Waals surface area contributed by atoms with Crippen LogP contribution in [-0.4, -0.2) is 46.8 Å². The summed E-state index contributed by atoms with van der Waals surface area (Å²) < 4.78 is 44.0. The monoisotopic (exact) mass is 478 g/mol. The van der Waals surface area contributed by atoms with Crippen LogP contribution in [0, 0.1) is 0 Å². The van der Waals surface area contributed by atoms with Gasteiger partial charge in [0, 0.05) is 23.1 Å². The molecule has 0 unspecified atom stereocenters. The molecule has 1 aliphatic heterocycles. The smallest absolute Gasteiger partial charge is 0.236 e. The molecule has 0 saturated carbocycles. The van der Waals surface area contributed by atoms with Gasteiger partial charge in [-0.25, -0.2) is 8.42 Å². The molecule has 1 fully saturated rings. The molecule has 1 aromatic heterocycles. The number of rotatable bonds is 5. The van der Waals surface area contributed by atoms with Crippen LogP contribution in [0.1, 0.15) is 0 Å². The van der Waals surface area contributed by atoms with E-state index in [0.717, 1.165) is 4.47 Å². The van der Waals surface area contributed by atoms with Gasteiger partial charge in [-0.3, -0.25) is 0 Å². The maximum atomic E-state index is 13.3. The van der Waals surface area contributed by atoms with E-state index in [1.54, 1.807) is 55.6 Å². The number of nitrogens with zero attached hydrogens (tertiary/aromatic N) is 2. The lowest BCUT2D eigenvalue weighted by Gasteiger charge is -2.26. The highest BCUT2D eigenvalue weighted by molar-refractivity contribution is 9.10. The SMILES string of the molecule is COc1ccc(-c2nc(S(=O)(=O)c3ccc(Br)cc3)c(N3CCOCC3)o2)cc1. The van der Waals surface area contributed by atoms with Crippen molar-refractivity contribution in [2.45, 2.75) is 9.92 Å². The number of aromatic nitrogens is 1. The lowest BCUT2D eigenvalue weighted by molar-refractivity contribution is 0.120. The summed E-state index contributed by atoms with van der Waals surface area (Å²) in [6, 6.07) is 13.6. The summed E-state index contributed by atoms with van der Waals surface area (Å²) in [7, 11) is -2.29. The molecular formula is C20H19BrN2O5S. The first-order valence-electron chi connectivity index (χ1n) is 8.97. The second kappa shape index (κ2) is 8.17. The van der Waals surface area contributed by atoms with Gasteiger partial charge in [0.2, 0.25) is 26.6 Å². The molecule has 29 heavy (non-hydrogen) atoms. The van der Waals surface area contributed by atoms with Gasteiger partial charge in [0.15, 0.2) is 0 Å². The van der Waals surface area contributed by atoms with Crippen LogP contribution >= 0.6 is 15.9 Å². The van der Waals surface area contributed by atoms with E-state index in [0.29, 0.717) is 37.6 Å². The second-order valence-electron chi connectivity index (χ2n) is 6.41. The molecule has 152 valence electrons. The number of halogens is 1. The highest BCUT2D eigenvalue weighted by atomic mass is 79.9. The van der Waals surface area contributed by atoms with Crippen molar-refractivity contribution in [2.24, 2.45) is 0 Å². The molecule has 0 bridgehead atoms. The molecule has 4 rings (SSSR count). The Morgan fingerprint density at radius 2 is 1.69 bits per heavy atom. The van der Waals surface area contributed by atoms with Crippen LogP contribution in [0.5, 0.6) is 5.75 Å².